The van der Waals surface area contributed by atoms with Gasteiger partial charge in [0.15, 0.2) is 6.10 Å². The van der Waals surface area contributed by atoms with Crippen LogP contribution in [0.3, 0.4) is 0 Å². The standard InChI is InChI=1S/C17H22Cl2N2O2/c1-12(23-13-2-3-14(18)15(19)10-13)16(22)21-8-5-17(6-9-21)4-7-20-11-17/h2-3,10,12,20H,4-9,11H2,1H3. The quantitative estimate of drug-likeness (QED) is 0.902. The van der Waals surface area contributed by atoms with E-state index >= 15 is 0 Å². The lowest BCUT2D eigenvalue weighted by Crippen LogP contribution is -2.48. The number of ether oxygens (including phenoxy) is 1. The van der Waals surface area contributed by atoms with E-state index < -0.39 is 6.10 Å². The second-order valence-electron chi connectivity index (χ2n) is 6.59. The van der Waals surface area contributed by atoms with E-state index in [1.165, 1.54) is 6.42 Å². The van der Waals surface area contributed by atoms with Crippen molar-refractivity contribution in [1.82, 2.24) is 10.2 Å². The highest BCUT2D eigenvalue weighted by molar-refractivity contribution is 6.42. The fourth-order valence-electron chi connectivity index (χ4n) is 3.49. The lowest BCUT2D eigenvalue weighted by atomic mass is 9.78. The minimum atomic E-state index is -0.525. The van der Waals surface area contributed by atoms with Gasteiger partial charge in [0.2, 0.25) is 0 Å². The molecule has 1 spiro atoms. The van der Waals surface area contributed by atoms with Crippen molar-refractivity contribution in [2.75, 3.05) is 26.2 Å². The Labute approximate surface area is 147 Å². The van der Waals surface area contributed by atoms with Gasteiger partial charge in [-0.3, -0.25) is 4.79 Å². The molecule has 1 atom stereocenters. The average Bonchev–Trinajstić information content (AvgIpc) is 2.99. The van der Waals surface area contributed by atoms with E-state index in [1.807, 2.05) is 4.90 Å². The molecule has 2 fully saturated rings. The number of benzene rings is 1. The van der Waals surface area contributed by atoms with Gasteiger partial charge in [-0.15, -0.1) is 0 Å². The van der Waals surface area contributed by atoms with Gasteiger partial charge in [0.05, 0.1) is 10.0 Å². The number of hydrogen-bond acceptors (Lipinski definition) is 3. The van der Waals surface area contributed by atoms with Crippen molar-refractivity contribution in [2.24, 2.45) is 5.41 Å². The van der Waals surface area contributed by atoms with Crippen LogP contribution in [0.15, 0.2) is 18.2 Å². The minimum absolute atomic E-state index is 0.0388. The van der Waals surface area contributed by atoms with Crippen molar-refractivity contribution in [2.45, 2.75) is 32.3 Å². The van der Waals surface area contributed by atoms with Crippen molar-refractivity contribution >= 4 is 29.1 Å². The van der Waals surface area contributed by atoms with Crippen LogP contribution >= 0.6 is 23.2 Å². The first-order valence-corrected chi connectivity index (χ1v) is 8.86. The number of nitrogens with one attached hydrogen (secondary N) is 1. The highest BCUT2D eigenvalue weighted by atomic mass is 35.5. The van der Waals surface area contributed by atoms with Gasteiger partial charge in [-0.1, -0.05) is 23.2 Å². The van der Waals surface area contributed by atoms with Gasteiger partial charge >= 0.3 is 0 Å². The predicted molar refractivity (Wildman–Crippen MR) is 92.3 cm³/mol. The lowest BCUT2D eigenvalue weighted by Gasteiger charge is -2.39. The third-order valence-corrected chi connectivity index (χ3v) is 5.76. The van der Waals surface area contributed by atoms with Crippen LogP contribution in [0.2, 0.25) is 10.0 Å². The van der Waals surface area contributed by atoms with Gasteiger partial charge in [0.1, 0.15) is 5.75 Å². The summed E-state index contributed by atoms with van der Waals surface area (Å²) in [6.45, 7) is 5.60. The number of rotatable bonds is 3. The second-order valence-corrected chi connectivity index (χ2v) is 7.40. The van der Waals surface area contributed by atoms with Crippen LogP contribution in [0.1, 0.15) is 26.2 Å². The van der Waals surface area contributed by atoms with Crippen LogP contribution < -0.4 is 10.1 Å². The molecule has 1 aromatic carbocycles. The van der Waals surface area contributed by atoms with E-state index in [1.54, 1.807) is 25.1 Å². The predicted octanol–water partition coefficient (Wildman–Crippen LogP) is 3.36. The summed E-state index contributed by atoms with van der Waals surface area (Å²) in [6.07, 6.45) is 2.85. The zero-order valence-electron chi connectivity index (χ0n) is 13.3. The molecule has 2 aliphatic rings. The molecule has 6 heteroatoms. The average molecular weight is 357 g/mol. The molecule has 1 aromatic rings. The minimum Gasteiger partial charge on any atom is -0.481 e. The third-order valence-electron chi connectivity index (χ3n) is 5.02. The summed E-state index contributed by atoms with van der Waals surface area (Å²) >= 11 is 11.9. The maximum Gasteiger partial charge on any atom is 0.263 e. The number of carbonyl (C=O) groups excluding carboxylic acids is 1. The molecule has 0 radical (unpaired) electrons. The molecule has 23 heavy (non-hydrogen) atoms. The van der Waals surface area contributed by atoms with Gasteiger partial charge in [-0.2, -0.15) is 0 Å². The normalized spacial score (nSPS) is 21.4. The summed E-state index contributed by atoms with van der Waals surface area (Å²) in [5, 5.41) is 4.35. The maximum atomic E-state index is 12.6. The summed E-state index contributed by atoms with van der Waals surface area (Å²) in [5.74, 6) is 0.602. The molecule has 1 amide bonds. The highest BCUT2D eigenvalue weighted by Crippen LogP contribution is 2.37. The molecule has 4 nitrogen and oxygen atoms in total. The van der Waals surface area contributed by atoms with Crippen LogP contribution in [-0.4, -0.2) is 43.1 Å². The molecule has 0 aliphatic carbocycles. The Bertz CT molecular complexity index is 578. The number of nitrogens with zero attached hydrogens (tertiary/aromatic N) is 1. The van der Waals surface area contributed by atoms with Crippen LogP contribution in [0.5, 0.6) is 5.75 Å². The summed E-state index contributed by atoms with van der Waals surface area (Å²) in [6, 6.07) is 5.05. The Morgan fingerprint density at radius 3 is 2.61 bits per heavy atom. The topological polar surface area (TPSA) is 41.6 Å². The molecule has 0 bridgehead atoms. The van der Waals surface area contributed by atoms with Crippen molar-refractivity contribution in [3.8, 4) is 5.75 Å². The number of halogens is 2. The number of amides is 1. The van der Waals surface area contributed by atoms with Gasteiger partial charge in [0.25, 0.3) is 5.91 Å². The van der Waals surface area contributed by atoms with Crippen molar-refractivity contribution in [3.63, 3.8) is 0 Å². The molecule has 2 aliphatic heterocycles. The molecular weight excluding hydrogens is 335 g/mol. The first-order valence-electron chi connectivity index (χ1n) is 8.10. The van der Waals surface area contributed by atoms with E-state index in [9.17, 15) is 4.79 Å². The van der Waals surface area contributed by atoms with Crippen LogP contribution in [0.25, 0.3) is 0 Å². The largest absolute Gasteiger partial charge is 0.481 e. The lowest BCUT2D eigenvalue weighted by molar-refractivity contribution is -0.140. The fourth-order valence-corrected chi connectivity index (χ4v) is 3.77. The zero-order valence-corrected chi connectivity index (χ0v) is 14.8. The van der Waals surface area contributed by atoms with Gasteiger partial charge in [-0.25, -0.2) is 0 Å². The summed E-state index contributed by atoms with van der Waals surface area (Å²) < 4.78 is 5.74. The van der Waals surface area contributed by atoms with E-state index in [2.05, 4.69) is 5.32 Å². The van der Waals surface area contributed by atoms with Gasteiger partial charge < -0.3 is 15.0 Å². The van der Waals surface area contributed by atoms with Crippen molar-refractivity contribution in [3.05, 3.63) is 28.2 Å². The molecule has 2 saturated heterocycles. The molecular formula is C17H22Cl2N2O2. The Morgan fingerprint density at radius 1 is 1.26 bits per heavy atom. The number of piperidine rings is 1. The Hall–Kier alpha value is -0.970. The Kier molecular flexibility index (Phi) is 5.04. The number of carbonyl (C=O) groups is 1. The van der Waals surface area contributed by atoms with Gasteiger partial charge in [-0.05, 0) is 50.3 Å². The summed E-state index contributed by atoms with van der Waals surface area (Å²) in [5.41, 5.74) is 0.407. The zero-order chi connectivity index (χ0) is 16.4. The van der Waals surface area contributed by atoms with Gasteiger partial charge in [0, 0.05) is 25.7 Å². The summed E-state index contributed by atoms with van der Waals surface area (Å²) in [4.78, 5) is 14.5. The van der Waals surface area contributed by atoms with Crippen LogP contribution in [-0.2, 0) is 4.79 Å². The van der Waals surface area contributed by atoms with Crippen LogP contribution in [0.4, 0.5) is 0 Å². The molecule has 126 valence electrons. The van der Waals surface area contributed by atoms with Crippen molar-refractivity contribution < 1.29 is 9.53 Å². The maximum absolute atomic E-state index is 12.6. The van der Waals surface area contributed by atoms with Crippen molar-refractivity contribution in [1.29, 1.82) is 0 Å². The molecule has 3 rings (SSSR count). The Balaban J connectivity index is 1.56. The third kappa shape index (κ3) is 3.76. The number of likely N-dealkylation sites (tertiary alicyclic amines) is 1. The summed E-state index contributed by atoms with van der Waals surface area (Å²) in [7, 11) is 0. The first-order chi connectivity index (χ1) is 11.0. The van der Waals surface area contributed by atoms with E-state index in [4.69, 9.17) is 27.9 Å². The fraction of sp³-hybridized carbons (Fsp3) is 0.588. The Morgan fingerprint density at radius 2 is 2.00 bits per heavy atom. The number of hydrogen-bond donors (Lipinski definition) is 1. The van der Waals surface area contributed by atoms with Crippen LogP contribution in [0, 0.1) is 5.41 Å². The first kappa shape index (κ1) is 16.9. The SMILES string of the molecule is CC(Oc1ccc(Cl)c(Cl)c1)C(=O)N1CCC2(CCNC2)CC1. The van der Waals surface area contributed by atoms with E-state index in [0.29, 0.717) is 21.2 Å². The molecule has 2 heterocycles. The monoisotopic (exact) mass is 356 g/mol. The molecule has 0 saturated carbocycles. The molecule has 0 aromatic heterocycles. The molecule has 1 unspecified atom stereocenters. The smallest absolute Gasteiger partial charge is 0.263 e. The van der Waals surface area contributed by atoms with E-state index in [-0.39, 0.29) is 5.91 Å². The highest BCUT2D eigenvalue weighted by Gasteiger charge is 2.38. The second kappa shape index (κ2) is 6.88. The van der Waals surface area contributed by atoms with E-state index in [0.717, 1.165) is 39.0 Å². The molecule has 1 N–H and O–H groups in total.